The number of anilines is 1. The van der Waals surface area contributed by atoms with Gasteiger partial charge < -0.3 is 10.6 Å². The van der Waals surface area contributed by atoms with Gasteiger partial charge in [-0.25, -0.2) is 15.0 Å². The van der Waals surface area contributed by atoms with Gasteiger partial charge in [-0.2, -0.15) is 0 Å². The minimum Gasteiger partial charge on any atom is -0.382 e. The van der Waals surface area contributed by atoms with Crippen LogP contribution < -0.4 is 5.73 Å². The molecule has 2 aromatic heterocycles. The lowest BCUT2D eigenvalue weighted by Gasteiger charge is -2.16. The molecule has 0 saturated carbocycles. The van der Waals surface area contributed by atoms with E-state index in [0.29, 0.717) is 6.54 Å². The molecule has 1 amide bonds. The van der Waals surface area contributed by atoms with E-state index in [0.717, 1.165) is 10.6 Å². The molecule has 0 unspecified atom stereocenters. The molecular formula is C11H13N5OS. The lowest BCUT2D eigenvalue weighted by Crippen LogP contribution is -2.28. The number of thiazole rings is 1. The van der Waals surface area contributed by atoms with Crippen molar-refractivity contribution in [1.29, 1.82) is 0 Å². The van der Waals surface area contributed by atoms with E-state index >= 15 is 0 Å². The maximum atomic E-state index is 12.1. The number of amides is 1. The van der Waals surface area contributed by atoms with Crippen LogP contribution in [-0.2, 0) is 6.54 Å². The fraction of sp³-hybridized carbons (Fsp3) is 0.273. The predicted octanol–water partition coefficient (Wildman–Crippen LogP) is 1.10. The first-order valence-electron chi connectivity index (χ1n) is 5.30. The van der Waals surface area contributed by atoms with E-state index in [-0.39, 0.29) is 17.4 Å². The molecule has 0 atom stereocenters. The van der Waals surface area contributed by atoms with Crippen molar-refractivity contribution >= 4 is 23.1 Å². The molecule has 2 N–H and O–H groups in total. The molecule has 0 aromatic carbocycles. The fourth-order valence-corrected chi connectivity index (χ4v) is 2.29. The minimum absolute atomic E-state index is 0.148. The van der Waals surface area contributed by atoms with Crippen LogP contribution in [0.3, 0.4) is 0 Å². The third kappa shape index (κ3) is 2.45. The topological polar surface area (TPSA) is 85.0 Å². The summed E-state index contributed by atoms with van der Waals surface area (Å²) in [5.74, 6) is -0.0937. The highest BCUT2D eigenvalue weighted by Crippen LogP contribution is 2.16. The second-order valence-corrected chi connectivity index (χ2v) is 4.75. The summed E-state index contributed by atoms with van der Waals surface area (Å²) in [4.78, 5) is 26.7. The monoisotopic (exact) mass is 263 g/mol. The van der Waals surface area contributed by atoms with Crippen molar-refractivity contribution in [2.75, 3.05) is 12.8 Å². The van der Waals surface area contributed by atoms with Crippen molar-refractivity contribution < 1.29 is 4.79 Å². The molecule has 0 fully saturated rings. The highest BCUT2D eigenvalue weighted by atomic mass is 32.1. The van der Waals surface area contributed by atoms with Crippen LogP contribution in [0.1, 0.15) is 21.1 Å². The summed E-state index contributed by atoms with van der Waals surface area (Å²) in [6, 6.07) is 0. The molecule has 7 heteroatoms. The first kappa shape index (κ1) is 12.4. The number of aromatic nitrogens is 3. The zero-order valence-corrected chi connectivity index (χ0v) is 10.9. The molecule has 18 heavy (non-hydrogen) atoms. The van der Waals surface area contributed by atoms with Crippen LogP contribution in [0.25, 0.3) is 0 Å². The van der Waals surface area contributed by atoms with Crippen molar-refractivity contribution in [2.45, 2.75) is 13.5 Å². The first-order chi connectivity index (χ1) is 8.59. The van der Waals surface area contributed by atoms with Gasteiger partial charge >= 0.3 is 0 Å². The van der Waals surface area contributed by atoms with Crippen LogP contribution in [0.5, 0.6) is 0 Å². The van der Waals surface area contributed by atoms with E-state index in [1.165, 1.54) is 23.7 Å². The van der Waals surface area contributed by atoms with E-state index in [2.05, 4.69) is 15.0 Å². The predicted molar refractivity (Wildman–Crippen MR) is 69.1 cm³/mol. The summed E-state index contributed by atoms with van der Waals surface area (Å²) in [5.41, 5.74) is 8.51. The van der Waals surface area contributed by atoms with Crippen molar-refractivity contribution in [3.8, 4) is 0 Å². The van der Waals surface area contributed by atoms with Crippen LogP contribution >= 0.6 is 11.3 Å². The standard InChI is InChI=1S/C11H13N5OS/c1-7-8(18-6-15-7)5-16(2)11(17)9-10(12)14-4-3-13-9/h3-4,6H,5H2,1-2H3,(H2,12,14). The second-order valence-electron chi connectivity index (χ2n) is 3.81. The Morgan fingerprint density at radius 2 is 2.11 bits per heavy atom. The molecular weight excluding hydrogens is 250 g/mol. The summed E-state index contributed by atoms with van der Waals surface area (Å²) in [5, 5.41) is 0. The van der Waals surface area contributed by atoms with Gasteiger partial charge in [-0.15, -0.1) is 11.3 Å². The maximum absolute atomic E-state index is 12.1. The number of carbonyl (C=O) groups is 1. The van der Waals surface area contributed by atoms with E-state index < -0.39 is 0 Å². The molecule has 0 aliphatic heterocycles. The number of hydrogen-bond acceptors (Lipinski definition) is 6. The Labute approximate surface area is 109 Å². The Bertz CT molecular complexity index is 568. The molecule has 0 aliphatic rings. The SMILES string of the molecule is Cc1ncsc1CN(C)C(=O)c1nccnc1N. The summed E-state index contributed by atoms with van der Waals surface area (Å²) < 4.78 is 0. The van der Waals surface area contributed by atoms with E-state index in [4.69, 9.17) is 5.73 Å². The van der Waals surface area contributed by atoms with E-state index in [1.54, 1.807) is 17.5 Å². The van der Waals surface area contributed by atoms with E-state index in [1.807, 2.05) is 6.92 Å². The van der Waals surface area contributed by atoms with Gasteiger partial charge in [0.1, 0.15) is 0 Å². The average molecular weight is 263 g/mol. The molecule has 0 saturated heterocycles. The van der Waals surface area contributed by atoms with Gasteiger partial charge in [-0.3, -0.25) is 4.79 Å². The van der Waals surface area contributed by atoms with Gasteiger partial charge in [0.15, 0.2) is 11.5 Å². The van der Waals surface area contributed by atoms with Gasteiger partial charge in [0.25, 0.3) is 5.91 Å². The van der Waals surface area contributed by atoms with Crippen molar-refractivity contribution in [3.63, 3.8) is 0 Å². The number of nitrogens with two attached hydrogens (primary N) is 1. The highest BCUT2D eigenvalue weighted by Gasteiger charge is 2.18. The number of carbonyl (C=O) groups excluding carboxylic acids is 1. The quantitative estimate of drug-likeness (QED) is 0.896. The third-order valence-electron chi connectivity index (χ3n) is 2.50. The Balaban J connectivity index is 2.15. The largest absolute Gasteiger partial charge is 0.382 e. The Kier molecular flexibility index (Phi) is 3.52. The molecule has 0 spiro atoms. The lowest BCUT2D eigenvalue weighted by atomic mass is 10.3. The lowest BCUT2D eigenvalue weighted by molar-refractivity contribution is 0.0781. The fourth-order valence-electron chi connectivity index (χ4n) is 1.46. The Morgan fingerprint density at radius 1 is 1.39 bits per heavy atom. The summed E-state index contributed by atoms with van der Waals surface area (Å²) in [7, 11) is 1.70. The zero-order chi connectivity index (χ0) is 13.1. The number of rotatable bonds is 3. The number of hydrogen-bond donors (Lipinski definition) is 1. The molecule has 0 aliphatic carbocycles. The molecule has 0 bridgehead atoms. The minimum atomic E-state index is -0.242. The van der Waals surface area contributed by atoms with Crippen LogP contribution in [-0.4, -0.2) is 32.8 Å². The van der Waals surface area contributed by atoms with E-state index in [9.17, 15) is 4.79 Å². The van der Waals surface area contributed by atoms with Gasteiger partial charge in [0, 0.05) is 24.3 Å². The van der Waals surface area contributed by atoms with Crippen LogP contribution in [0, 0.1) is 6.92 Å². The summed E-state index contributed by atoms with van der Waals surface area (Å²) in [6.45, 7) is 2.41. The van der Waals surface area contributed by atoms with Gasteiger partial charge in [-0.1, -0.05) is 0 Å². The van der Waals surface area contributed by atoms with Gasteiger partial charge in [-0.05, 0) is 6.92 Å². The molecule has 6 nitrogen and oxygen atoms in total. The molecule has 94 valence electrons. The van der Waals surface area contributed by atoms with Gasteiger partial charge in [0.05, 0.1) is 17.7 Å². The number of nitrogens with zero attached hydrogens (tertiary/aromatic N) is 4. The highest BCUT2D eigenvalue weighted by molar-refractivity contribution is 7.09. The maximum Gasteiger partial charge on any atom is 0.276 e. The second kappa shape index (κ2) is 5.09. The van der Waals surface area contributed by atoms with Crippen molar-refractivity contribution in [1.82, 2.24) is 19.9 Å². The number of aryl methyl sites for hydroxylation is 1. The molecule has 2 aromatic rings. The summed E-state index contributed by atoms with van der Waals surface area (Å²) in [6.07, 6.45) is 2.91. The Hall–Kier alpha value is -2.02. The smallest absolute Gasteiger partial charge is 0.276 e. The van der Waals surface area contributed by atoms with Crippen molar-refractivity contribution in [3.05, 3.63) is 34.2 Å². The Morgan fingerprint density at radius 3 is 2.72 bits per heavy atom. The third-order valence-corrected chi connectivity index (χ3v) is 3.42. The molecule has 0 radical (unpaired) electrons. The van der Waals surface area contributed by atoms with Crippen LogP contribution in [0.15, 0.2) is 17.9 Å². The van der Waals surface area contributed by atoms with Crippen molar-refractivity contribution in [2.24, 2.45) is 0 Å². The van der Waals surface area contributed by atoms with Crippen LogP contribution in [0.2, 0.25) is 0 Å². The molecule has 2 rings (SSSR count). The van der Waals surface area contributed by atoms with Gasteiger partial charge in [0.2, 0.25) is 0 Å². The zero-order valence-electron chi connectivity index (χ0n) is 10.1. The summed E-state index contributed by atoms with van der Waals surface area (Å²) >= 11 is 1.52. The number of nitrogen functional groups attached to an aromatic ring is 1. The first-order valence-corrected chi connectivity index (χ1v) is 6.18. The molecule has 2 heterocycles. The van der Waals surface area contributed by atoms with Crippen LogP contribution in [0.4, 0.5) is 5.82 Å². The normalized spacial score (nSPS) is 10.3. The average Bonchev–Trinajstić information content (AvgIpc) is 2.75.